The van der Waals surface area contributed by atoms with Crippen LogP contribution in [0.1, 0.15) is 19.4 Å². The minimum Gasteiger partial charge on any atom is -0.508 e. The second-order valence-electron chi connectivity index (χ2n) is 3.80. The van der Waals surface area contributed by atoms with Crippen molar-refractivity contribution >= 4 is 22.7 Å². The first-order valence-corrected chi connectivity index (χ1v) is 6.02. The first-order valence-electron chi connectivity index (χ1n) is 4.97. The predicted octanol–water partition coefficient (Wildman–Crippen LogP) is 3.78. The standard InChI is InChI=1S/C12H14O2S/c1-8(2)15-7-9-6-14-12-5-10(13)3-4-11(9)12/h3-6,8,13H,7H2,1-2H3. The molecule has 15 heavy (non-hydrogen) atoms. The number of rotatable bonds is 3. The Labute approximate surface area is 93.3 Å². The lowest BCUT2D eigenvalue weighted by atomic mass is 10.2. The van der Waals surface area contributed by atoms with E-state index in [1.54, 1.807) is 18.4 Å². The maximum atomic E-state index is 9.29. The molecule has 0 aliphatic rings. The van der Waals surface area contributed by atoms with Crippen LogP contribution in [0.3, 0.4) is 0 Å². The van der Waals surface area contributed by atoms with Crippen LogP contribution in [0.15, 0.2) is 28.9 Å². The van der Waals surface area contributed by atoms with Crippen LogP contribution in [0, 0.1) is 0 Å². The van der Waals surface area contributed by atoms with Crippen molar-refractivity contribution in [3.63, 3.8) is 0 Å². The van der Waals surface area contributed by atoms with E-state index in [-0.39, 0.29) is 5.75 Å². The lowest BCUT2D eigenvalue weighted by Gasteiger charge is -2.02. The summed E-state index contributed by atoms with van der Waals surface area (Å²) in [4.78, 5) is 0. The summed E-state index contributed by atoms with van der Waals surface area (Å²) < 4.78 is 5.39. The Morgan fingerprint density at radius 1 is 1.40 bits per heavy atom. The minimum atomic E-state index is 0.250. The number of phenols is 1. The Balaban J connectivity index is 2.29. The molecule has 0 radical (unpaired) electrons. The van der Waals surface area contributed by atoms with Gasteiger partial charge in [0.2, 0.25) is 0 Å². The highest BCUT2D eigenvalue weighted by Gasteiger charge is 2.07. The molecular weight excluding hydrogens is 208 g/mol. The van der Waals surface area contributed by atoms with Gasteiger partial charge in [0.05, 0.1) is 6.26 Å². The Morgan fingerprint density at radius 2 is 2.20 bits per heavy atom. The lowest BCUT2D eigenvalue weighted by molar-refractivity contribution is 0.474. The molecule has 1 heterocycles. The summed E-state index contributed by atoms with van der Waals surface area (Å²) >= 11 is 1.89. The zero-order valence-corrected chi connectivity index (χ0v) is 9.67. The summed E-state index contributed by atoms with van der Waals surface area (Å²) in [6, 6.07) is 5.25. The SMILES string of the molecule is CC(C)SCc1coc2cc(O)ccc12. The highest BCUT2D eigenvalue weighted by Crippen LogP contribution is 2.28. The summed E-state index contributed by atoms with van der Waals surface area (Å²) in [6.07, 6.45) is 1.78. The molecule has 2 aromatic rings. The summed E-state index contributed by atoms with van der Waals surface area (Å²) in [5, 5.41) is 11.0. The van der Waals surface area contributed by atoms with Gasteiger partial charge in [-0.2, -0.15) is 11.8 Å². The minimum absolute atomic E-state index is 0.250. The Kier molecular flexibility index (Phi) is 2.91. The molecule has 0 aliphatic heterocycles. The maximum absolute atomic E-state index is 9.29. The normalized spacial score (nSPS) is 11.4. The average Bonchev–Trinajstić information content (AvgIpc) is 2.57. The molecule has 80 valence electrons. The van der Waals surface area contributed by atoms with Gasteiger partial charge in [0.15, 0.2) is 0 Å². The second kappa shape index (κ2) is 4.19. The van der Waals surface area contributed by atoms with E-state index in [1.165, 1.54) is 5.56 Å². The quantitative estimate of drug-likeness (QED) is 0.858. The predicted molar refractivity (Wildman–Crippen MR) is 64.3 cm³/mol. The van der Waals surface area contributed by atoms with E-state index in [1.807, 2.05) is 17.8 Å². The van der Waals surface area contributed by atoms with Gasteiger partial charge in [0, 0.05) is 22.8 Å². The summed E-state index contributed by atoms with van der Waals surface area (Å²) in [7, 11) is 0. The van der Waals surface area contributed by atoms with Crippen molar-refractivity contribution in [1.82, 2.24) is 0 Å². The lowest BCUT2D eigenvalue weighted by Crippen LogP contribution is -1.87. The van der Waals surface area contributed by atoms with Gasteiger partial charge in [0.1, 0.15) is 11.3 Å². The number of benzene rings is 1. The van der Waals surface area contributed by atoms with Crippen LogP contribution in [0.25, 0.3) is 11.0 Å². The zero-order valence-electron chi connectivity index (χ0n) is 8.86. The first-order chi connectivity index (χ1) is 7.16. The Hall–Kier alpha value is -1.09. The molecule has 0 bridgehead atoms. The highest BCUT2D eigenvalue weighted by molar-refractivity contribution is 7.99. The molecular formula is C12H14O2S. The topological polar surface area (TPSA) is 33.4 Å². The van der Waals surface area contributed by atoms with Crippen molar-refractivity contribution in [1.29, 1.82) is 0 Å². The molecule has 1 aromatic heterocycles. The Morgan fingerprint density at radius 3 is 2.93 bits per heavy atom. The molecule has 0 atom stereocenters. The van der Waals surface area contributed by atoms with Gasteiger partial charge in [-0.15, -0.1) is 0 Å². The van der Waals surface area contributed by atoms with Crippen molar-refractivity contribution in [2.24, 2.45) is 0 Å². The van der Waals surface area contributed by atoms with Crippen LogP contribution in [0.4, 0.5) is 0 Å². The molecule has 1 aromatic carbocycles. The van der Waals surface area contributed by atoms with E-state index in [0.29, 0.717) is 5.25 Å². The number of hydrogen-bond acceptors (Lipinski definition) is 3. The number of furan rings is 1. The summed E-state index contributed by atoms with van der Waals surface area (Å²) in [5.74, 6) is 1.20. The van der Waals surface area contributed by atoms with Gasteiger partial charge >= 0.3 is 0 Å². The van der Waals surface area contributed by atoms with E-state index in [9.17, 15) is 5.11 Å². The fraction of sp³-hybridized carbons (Fsp3) is 0.333. The van der Waals surface area contributed by atoms with Crippen molar-refractivity contribution in [3.05, 3.63) is 30.0 Å². The van der Waals surface area contributed by atoms with Crippen molar-refractivity contribution in [2.45, 2.75) is 24.9 Å². The van der Waals surface area contributed by atoms with Crippen LogP contribution in [-0.2, 0) is 5.75 Å². The molecule has 2 rings (SSSR count). The average molecular weight is 222 g/mol. The number of thioether (sulfide) groups is 1. The summed E-state index contributed by atoms with van der Waals surface area (Å²) in [5.41, 5.74) is 1.96. The molecule has 1 N–H and O–H groups in total. The van der Waals surface area contributed by atoms with E-state index in [4.69, 9.17) is 4.42 Å². The third kappa shape index (κ3) is 2.29. The van der Waals surface area contributed by atoms with E-state index in [0.717, 1.165) is 16.7 Å². The van der Waals surface area contributed by atoms with E-state index < -0.39 is 0 Å². The van der Waals surface area contributed by atoms with Gasteiger partial charge < -0.3 is 9.52 Å². The van der Waals surface area contributed by atoms with Crippen molar-refractivity contribution in [3.8, 4) is 5.75 Å². The van der Waals surface area contributed by atoms with Gasteiger partial charge in [-0.25, -0.2) is 0 Å². The highest BCUT2D eigenvalue weighted by atomic mass is 32.2. The zero-order chi connectivity index (χ0) is 10.8. The molecule has 0 saturated carbocycles. The van der Waals surface area contributed by atoms with Crippen LogP contribution in [0.5, 0.6) is 5.75 Å². The number of aromatic hydroxyl groups is 1. The number of hydrogen-bond donors (Lipinski definition) is 1. The van der Waals surface area contributed by atoms with Gasteiger partial charge in [-0.1, -0.05) is 13.8 Å². The molecule has 3 heteroatoms. The summed E-state index contributed by atoms with van der Waals surface area (Å²) in [6.45, 7) is 4.36. The van der Waals surface area contributed by atoms with E-state index in [2.05, 4.69) is 13.8 Å². The molecule has 0 aliphatic carbocycles. The third-order valence-electron chi connectivity index (χ3n) is 2.21. The fourth-order valence-electron chi connectivity index (χ4n) is 1.44. The van der Waals surface area contributed by atoms with Crippen LogP contribution in [0.2, 0.25) is 0 Å². The van der Waals surface area contributed by atoms with Crippen molar-refractivity contribution < 1.29 is 9.52 Å². The third-order valence-corrected chi connectivity index (χ3v) is 3.36. The largest absolute Gasteiger partial charge is 0.508 e. The van der Waals surface area contributed by atoms with E-state index >= 15 is 0 Å². The molecule has 0 fully saturated rings. The van der Waals surface area contributed by atoms with Crippen LogP contribution >= 0.6 is 11.8 Å². The molecule has 0 amide bonds. The number of fused-ring (bicyclic) bond motifs is 1. The van der Waals surface area contributed by atoms with Crippen LogP contribution in [-0.4, -0.2) is 10.4 Å². The van der Waals surface area contributed by atoms with Gasteiger partial charge in [0.25, 0.3) is 0 Å². The van der Waals surface area contributed by atoms with Gasteiger partial charge in [-0.05, 0) is 17.4 Å². The first kappa shape index (κ1) is 10.4. The molecule has 0 saturated heterocycles. The molecule has 0 spiro atoms. The molecule has 0 unspecified atom stereocenters. The van der Waals surface area contributed by atoms with Crippen LogP contribution < -0.4 is 0 Å². The van der Waals surface area contributed by atoms with Gasteiger partial charge in [-0.3, -0.25) is 0 Å². The number of phenolic OH excluding ortho intramolecular Hbond substituents is 1. The molecule has 2 nitrogen and oxygen atoms in total. The van der Waals surface area contributed by atoms with Crippen molar-refractivity contribution in [2.75, 3.05) is 0 Å². The second-order valence-corrected chi connectivity index (χ2v) is 5.37. The Bertz CT molecular complexity index is 460. The smallest absolute Gasteiger partial charge is 0.137 e. The monoisotopic (exact) mass is 222 g/mol. The maximum Gasteiger partial charge on any atom is 0.137 e. The fourth-order valence-corrected chi connectivity index (χ4v) is 2.18.